The van der Waals surface area contributed by atoms with E-state index in [0.29, 0.717) is 19.4 Å². The first-order valence-electron chi connectivity index (χ1n) is 7.48. The monoisotopic (exact) mass is 298 g/mol. The molecule has 7 nitrogen and oxygen atoms in total. The molecule has 0 heterocycles. The van der Waals surface area contributed by atoms with Crippen molar-refractivity contribution < 1.29 is 14.3 Å². The normalized spacial score (nSPS) is 16.8. The van der Waals surface area contributed by atoms with Crippen LogP contribution in [0.4, 0.5) is 0 Å². The topological polar surface area (TPSA) is 120 Å². The van der Waals surface area contributed by atoms with Crippen LogP contribution in [-0.2, 0) is 14.3 Å². The van der Waals surface area contributed by atoms with Crippen LogP contribution in [0, 0.1) is 5.92 Å². The fraction of sp³-hybridized carbons (Fsp3) is 0.786. The molecule has 0 bridgehead atoms. The van der Waals surface area contributed by atoms with E-state index in [9.17, 15) is 9.59 Å². The van der Waals surface area contributed by atoms with Crippen molar-refractivity contribution in [3.8, 4) is 0 Å². The van der Waals surface area contributed by atoms with E-state index in [1.165, 1.54) is 13.5 Å². The van der Waals surface area contributed by atoms with Crippen LogP contribution in [0.5, 0.6) is 0 Å². The second-order valence-electron chi connectivity index (χ2n) is 5.37. The number of nitrogens with zero attached hydrogens (tertiary/aromatic N) is 1. The summed E-state index contributed by atoms with van der Waals surface area (Å²) in [4.78, 5) is 27.8. The van der Waals surface area contributed by atoms with E-state index < -0.39 is 12.0 Å². The van der Waals surface area contributed by atoms with Crippen LogP contribution in [0.1, 0.15) is 44.9 Å². The van der Waals surface area contributed by atoms with Crippen LogP contribution >= 0.6 is 0 Å². The highest BCUT2D eigenvalue weighted by Gasteiger charge is 2.26. The number of nitrogens with one attached hydrogen (secondary N) is 1. The van der Waals surface area contributed by atoms with E-state index in [4.69, 9.17) is 16.2 Å². The highest BCUT2D eigenvalue weighted by molar-refractivity contribution is 5.85. The number of methoxy groups -OCH3 is 1. The van der Waals surface area contributed by atoms with E-state index in [2.05, 4.69) is 10.3 Å². The fourth-order valence-corrected chi connectivity index (χ4v) is 2.55. The highest BCUT2D eigenvalue weighted by atomic mass is 16.5. The smallest absolute Gasteiger partial charge is 0.328 e. The number of guanidine groups is 1. The van der Waals surface area contributed by atoms with Crippen molar-refractivity contribution in [3.63, 3.8) is 0 Å². The molecule has 0 saturated heterocycles. The lowest BCUT2D eigenvalue weighted by molar-refractivity contribution is -0.146. The molecule has 1 aliphatic rings. The summed E-state index contributed by atoms with van der Waals surface area (Å²) in [5, 5.41) is 2.80. The average Bonchev–Trinajstić information content (AvgIpc) is 2.50. The first-order valence-corrected chi connectivity index (χ1v) is 7.48. The van der Waals surface area contributed by atoms with Gasteiger partial charge in [0.15, 0.2) is 5.96 Å². The van der Waals surface area contributed by atoms with Crippen LogP contribution in [0.15, 0.2) is 4.99 Å². The predicted octanol–water partition coefficient (Wildman–Crippen LogP) is 0.278. The van der Waals surface area contributed by atoms with Gasteiger partial charge in [-0.1, -0.05) is 19.3 Å². The number of hydrogen-bond acceptors (Lipinski definition) is 4. The van der Waals surface area contributed by atoms with Crippen molar-refractivity contribution in [2.75, 3.05) is 13.7 Å². The number of ether oxygens (including phenoxy) is 1. The zero-order valence-electron chi connectivity index (χ0n) is 12.6. The van der Waals surface area contributed by atoms with Gasteiger partial charge in [0.25, 0.3) is 0 Å². The molecule has 7 heteroatoms. The molecule has 0 aromatic heterocycles. The van der Waals surface area contributed by atoms with Gasteiger partial charge in [-0.3, -0.25) is 9.79 Å². The lowest BCUT2D eigenvalue weighted by Crippen LogP contribution is -2.44. The number of aliphatic imine (C=N–C) groups is 1. The summed E-state index contributed by atoms with van der Waals surface area (Å²) >= 11 is 0. The third-order valence-corrected chi connectivity index (χ3v) is 3.72. The molecule has 5 N–H and O–H groups in total. The Hall–Kier alpha value is -1.79. The van der Waals surface area contributed by atoms with Gasteiger partial charge in [-0.25, -0.2) is 4.79 Å². The van der Waals surface area contributed by atoms with E-state index in [0.717, 1.165) is 25.7 Å². The second kappa shape index (κ2) is 9.20. The molecular formula is C14H26N4O3. The maximum Gasteiger partial charge on any atom is 0.328 e. The Bertz CT molecular complexity index is 374. The SMILES string of the molecule is COC(=O)C(CCCN=C(N)N)NC(=O)C1CCCCC1. The molecule has 0 radical (unpaired) electrons. The Labute approximate surface area is 125 Å². The molecule has 1 unspecified atom stereocenters. The molecule has 1 aliphatic carbocycles. The molecule has 1 fully saturated rings. The first kappa shape index (κ1) is 17.3. The molecule has 21 heavy (non-hydrogen) atoms. The number of carbonyl (C=O) groups excluding carboxylic acids is 2. The van der Waals surface area contributed by atoms with Gasteiger partial charge in [0.1, 0.15) is 6.04 Å². The molecule has 1 amide bonds. The van der Waals surface area contributed by atoms with Crippen molar-refractivity contribution in [2.45, 2.75) is 51.0 Å². The van der Waals surface area contributed by atoms with Crippen molar-refractivity contribution in [2.24, 2.45) is 22.4 Å². The summed E-state index contributed by atoms with van der Waals surface area (Å²) in [6.07, 6.45) is 6.19. The number of hydrogen-bond donors (Lipinski definition) is 3. The molecule has 0 spiro atoms. The zero-order valence-corrected chi connectivity index (χ0v) is 12.6. The minimum atomic E-state index is -0.626. The summed E-state index contributed by atoms with van der Waals surface area (Å²) in [6.45, 7) is 0.426. The minimum absolute atomic E-state index is 0.0172. The number of nitrogens with two attached hydrogens (primary N) is 2. The van der Waals surface area contributed by atoms with Crippen LogP contribution in [-0.4, -0.2) is 37.5 Å². The summed E-state index contributed by atoms with van der Waals surface area (Å²) in [7, 11) is 1.32. The lowest BCUT2D eigenvalue weighted by Gasteiger charge is -2.23. The molecule has 0 aromatic carbocycles. The van der Waals surface area contributed by atoms with Gasteiger partial charge in [0.2, 0.25) is 5.91 Å². The quantitative estimate of drug-likeness (QED) is 0.270. The molecule has 120 valence electrons. The second-order valence-corrected chi connectivity index (χ2v) is 5.37. The zero-order chi connectivity index (χ0) is 15.7. The average molecular weight is 298 g/mol. The largest absolute Gasteiger partial charge is 0.467 e. The van der Waals surface area contributed by atoms with E-state index in [1.807, 2.05) is 0 Å². The van der Waals surface area contributed by atoms with Gasteiger partial charge >= 0.3 is 5.97 Å². The van der Waals surface area contributed by atoms with E-state index in [-0.39, 0.29) is 17.8 Å². The molecule has 0 aliphatic heterocycles. The summed E-state index contributed by atoms with van der Waals surface area (Å²) in [5.41, 5.74) is 10.5. The molecule has 0 aromatic rings. The highest BCUT2D eigenvalue weighted by Crippen LogP contribution is 2.23. The Kier molecular flexibility index (Phi) is 7.56. The summed E-state index contributed by atoms with van der Waals surface area (Å²) < 4.78 is 4.74. The third-order valence-electron chi connectivity index (χ3n) is 3.72. The Morgan fingerprint density at radius 1 is 1.29 bits per heavy atom. The first-order chi connectivity index (χ1) is 10.0. The fourth-order valence-electron chi connectivity index (χ4n) is 2.55. The van der Waals surface area contributed by atoms with Gasteiger partial charge in [-0.15, -0.1) is 0 Å². The Morgan fingerprint density at radius 2 is 1.95 bits per heavy atom. The van der Waals surface area contributed by atoms with Crippen LogP contribution in [0.2, 0.25) is 0 Å². The van der Waals surface area contributed by atoms with Crippen LogP contribution in [0.25, 0.3) is 0 Å². The van der Waals surface area contributed by atoms with Gasteiger partial charge in [0.05, 0.1) is 7.11 Å². The van der Waals surface area contributed by atoms with Gasteiger partial charge in [0, 0.05) is 12.5 Å². The van der Waals surface area contributed by atoms with Crippen molar-refractivity contribution in [3.05, 3.63) is 0 Å². The molecule has 1 rings (SSSR count). The number of amides is 1. The van der Waals surface area contributed by atoms with Crippen LogP contribution < -0.4 is 16.8 Å². The van der Waals surface area contributed by atoms with Crippen molar-refractivity contribution >= 4 is 17.8 Å². The summed E-state index contributed by atoms with van der Waals surface area (Å²) in [5.74, 6) is -0.435. The number of esters is 1. The Morgan fingerprint density at radius 3 is 2.52 bits per heavy atom. The van der Waals surface area contributed by atoms with Gasteiger partial charge < -0.3 is 21.5 Å². The molecular weight excluding hydrogens is 272 g/mol. The van der Waals surface area contributed by atoms with E-state index in [1.54, 1.807) is 0 Å². The molecule has 1 atom stereocenters. The predicted molar refractivity (Wildman–Crippen MR) is 80.4 cm³/mol. The molecule has 1 saturated carbocycles. The van der Waals surface area contributed by atoms with Gasteiger partial charge in [-0.05, 0) is 25.7 Å². The maximum absolute atomic E-state index is 12.2. The van der Waals surface area contributed by atoms with E-state index >= 15 is 0 Å². The number of rotatable bonds is 7. The van der Waals surface area contributed by atoms with Crippen molar-refractivity contribution in [1.82, 2.24) is 5.32 Å². The number of carbonyl (C=O) groups is 2. The lowest BCUT2D eigenvalue weighted by atomic mass is 9.88. The van der Waals surface area contributed by atoms with Crippen molar-refractivity contribution in [1.29, 1.82) is 0 Å². The van der Waals surface area contributed by atoms with Crippen LogP contribution in [0.3, 0.4) is 0 Å². The standard InChI is InChI=1S/C14H26N4O3/c1-21-13(20)11(8-5-9-17-14(15)16)18-12(19)10-6-3-2-4-7-10/h10-11H,2-9H2,1H3,(H,18,19)(H4,15,16,17). The maximum atomic E-state index is 12.2. The summed E-state index contributed by atoms with van der Waals surface area (Å²) in [6, 6.07) is -0.626. The Balaban J connectivity index is 2.46. The minimum Gasteiger partial charge on any atom is -0.467 e. The van der Waals surface area contributed by atoms with Gasteiger partial charge in [-0.2, -0.15) is 0 Å². The third kappa shape index (κ3) is 6.46.